The average Bonchev–Trinajstić information content (AvgIpc) is 2.81. The van der Waals surface area contributed by atoms with Crippen LogP contribution in [0.5, 0.6) is 0 Å². The van der Waals surface area contributed by atoms with Crippen LogP contribution in [-0.4, -0.2) is 43.1 Å². The molecule has 114 valence electrons. The molecule has 1 fully saturated rings. The quantitative estimate of drug-likeness (QED) is 0.858. The van der Waals surface area contributed by atoms with Crippen molar-refractivity contribution in [2.75, 3.05) is 20.1 Å². The summed E-state index contributed by atoms with van der Waals surface area (Å²) in [5.41, 5.74) is 1.19. The van der Waals surface area contributed by atoms with Crippen molar-refractivity contribution in [3.05, 3.63) is 11.4 Å². The molecule has 1 aromatic rings. The smallest absolute Gasteiger partial charge is 0.246 e. The van der Waals surface area contributed by atoms with Gasteiger partial charge in [-0.15, -0.1) is 0 Å². The third kappa shape index (κ3) is 2.89. The Morgan fingerprint density at radius 2 is 2.05 bits per heavy atom. The Labute approximate surface area is 121 Å². The maximum Gasteiger partial charge on any atom is 0.246 e. The topological polar surface area (TPSA) is 78.1 Å². The van der Waals surface area contributed by atoms with Crippen LogP contribution < -0.4 is 5.32 Å². The molecule has 2 rings (SSSR count). The lowest BCUT2D eigenvalue weighted by Crippen LogP contribution is -2.38. The van der Waals surface area contributed by atoms with Gasteiger partial charge < -0.3 is 5.32 Å². The van der Waals surface area contributed by atoms with Gasteiger partial charge in [-0.25, -0.2) is 8.42 Å². The van der Waals surface area contributed by atoms with Crippen LogP contribution in [0.25, 0.3) is 0 Å². The molecule has 7 heteroatoms. The predicted octanol–water partition coefficient (Wildman–Crippen LogP) is 1.25. The average molecular weight is 300 g/mol. The van der Waals surface area contributed by atoms with Gasteiger partial charge in [0.05, 0.1) is 11.4 Å². The monoisotopic (exact) mass is 300 g/mol. The predicted molar refractivity (Wildman–Crippen MR) is 77.9 cm³/mol. The van der Waals surface area contributed by atoms with Gasteiger partial charge in [-0.2, -0.15) is 9.40 Å². The molecule has 0 bridgehead atoms. The van der Waals surface area contributed by atoms with E-state index in [1.54, 1.807) is 18.3 Å². The molecular formula is C13H24N4O2S. The fourth-order valence-corrected chi connectivity index (χ4v) is 4.58. The van der Waals surface area contributed by atoms with E-state index in [0.29, 0.717) is 41.8 Å². The number of sulfonamides is 1. The van der Waals surface area contributed by atoms with Crippen LogP contribution in [0.4, 0.5) is 0 Å². The van der Waals surface area contributed by atoms with Gasteiger partial charge in [-0.3, -0.25) is 5.10 Å². The first-order valence-electron chi connectivity index (χ1n) is 7.19. The van der Waals surface area contributed by atoms with E-state index in [0.717, 1.165) is 19.3 Å². The summed E-state index contributed by atoms with van der Waals surface area (Å²) in [5.74, 6) is 0.656. The minimum Gasteiger partial charge on any atom is -0.314 e. The van der Waals surface area contributed by atoms with Gasteiger partial charge in [0.1, 0.15) is 4.90 Å². The molecule has 1 saturated heterocycles. The number of hydrogen-bond acceptors (Lipinski definition) is 4. The molecule has 0 unspecified atom stereocenters. The van der Waals surface area contributed by atoms with E-state index in [2.05, 4.69) is 22.4 Å². The highest BCUT2D eigenvalue weighted by atomic mass is 32.2. The molecule has 0 radical (unpaired) electrons. The number of aryl methyl sites for hydroxylation is 1. The van der Waals surface area contributed by atoms with Crippen LogP contribution in [-0.2, 0) is 16.6 Å². The number of H-pyrrole nitrogens is 1. The van der Waals surface area contributed by atoms with E-state index in [1.165, 1.54) is 0 Å². The van der Waals surface area contributed by atoms with Crippen LogP contribution in [0.1, 0.15) is 37.6 Å². The van der Waals surface area contributed by atoms with Gasteiger partial charge in [-0.05, 0) is 32.7 Å². The summed E-state index contributed by atoms with van der Waals surface area (Å²) in [5, 5.41) is 9.86. The van der Waals surface area contributed by atoms with Crippen molar-refractivity contribution in [2.24, 2.45) is 5.92 Å². The van der Waals surface area contributed by atoms with Crippen molar-refractivity contribution >= 4 is 10.0 Å². The van der Waals surface area contributed by atoms with Crippen molar-refractivity contribution in [1.29, 1.82) is 0 Å². The van der Waals surface area contributed by atoms with Crippen molar-refractivity contribution in [3.63, 3.8) is 0 Å². The SMILES string of the molecule is CCC1CCN(S(=O)(=O)c2c(CNC)n[nH]c2C)CC1. The van der Waals surface area contributed by atoms with E-state index in [9.17, 15) is 8.42 Å². The van der Waals surface area contributed by atoms with E-state index in [-0.39, 0.29) is 0 Å². The van der Waals surface area contributed by atoms with Crippen LogP contribution in [0, 0.1) is 12.8 Å². The normalized spacial score (nSPS) is 18.6. The summed E-state index contributed by atoms with van der Waals surface area (Å²) in [7, 11) is -1.65. The molecule has 1 aliphatic rings. The first-order valence-corrected chi connectivity index (χ1v) is 8.63. The zero-order valence-electron chi connectivity index (χ0n) is 12.4. The molecule has 2 N–H and O–H groups in total. The van der Waals surface area contributed by atoms with Crippen molar-refractivity contribution in [1.82, 2.24) is 19.8 Å². The number of piperidine rings is 1. The van der Waals surface area contributed by atoms with E-state index in [4.69, 9.17) is 0 Å². The standard InChI is InChI=1S/C13H24N4O2S/c1-4-11-5-7-17(8-6-11)20(18,19)13-10(2)15-16-12(13)9-14-3/h11,14H,4-9H2,1-3H3,(H,15,16). The van der Waals surface area contributed by atoms with Crippen LogP contribution in [0.15, 0.2) is 4.90 Å². The Hall–Kier alpha value is -0.920. The Kier molecular flexibility index (Phi) is 4.82. The zero-order chi connectivity index (χ0) is 14.8. The first-order chi connectivity index (χ1) is 9.50. The van der Waals surface area contributed by atoms with E-state index < -0.39 is 10.0 Å². The number of rotatable bonds is 5. The fourth-order valence-electron chi connectivity index (χ4n) is 2.79. The van der Waals surface area contributed by atoms with E-state index in [1.807, 2.05) is 0 Å². The van der Waals surface area contributed by atoms with Crippen LogP contribution in [0.2, 0.25) is 0 Å². The fraction of sp³-hybridized carbons (Fsp3) is 0.769. The maximum atomic E-state index is 12.8. The second kappa shape index (κ2) is 6.24. The summed E-state index contributed by atoms with van der Waals surface area (Å²) < 4.78 is 27.2. The molecule has 1 aromatic heterocycles. The Morgan fingerprint density at radius 3 is 2.60 bits per heavy atom. The number of nitrogens with one attached hydrogen (secondary N) is 2. The number of aromatic nitrogens is 2. The summed E-state index contributed by atoms with van der Waals surface area (Å²) in [4.78, 5) is 0.349. The summed E-state index contributed by atoms with van der Waals surface area (Å²) >= 11 is 0. The maximum absolute atomic E-state index is 12.8. The van der Waals surface area contributed by atoms with Crippen LogP contribution in [0.3, 0.4) is 0 Å². The minimum atomic E-state index is -3.43. The molecule has 1 aliphatic heterocycles. The molecule has 0 amide bonds. The van der Waals surface area contributed by atoms with Crippen molar-refractivity contribution < 1.29 is 8.42 Å². The van der Waals surface area contributed by atoms with Gasteiger partial charge in [0, 0.05) is 19.6 Å². The van der Waals surface area contributed by atoms with Gasteiger partial charge in [0.15, 0.2) is 0 Å². The second-order valence-electron chi connectivity index (χ2n) is 5.41. The Balaban J connectivity index is 2.25. The summed E-state index contributed by atoms with van der Waals surface area (Å²) in [6.07, 6.45) is 3.03. The molecule has 2 heterocycles. The molecular weight excluding hydrogens is 276 g/mol. The number of hydrogen-bond donors (Lipinski definition) is 2. The summed E-state index contributed by atoms with van der Waals surface area (Å²) in [6, 6.07) is 0. The largest absolute Gasteiger partial charge is 0.314 e. The molecule has 0 aliphatic carbocycles. The van der Waals surface area contributed by atoms with Gasteiger partial charge in [0.25, 0.3) is 0 Å². The molecule has 6 nitrogen and oxygen atoms in total. The number of aromatic amines is 1. The van der Waals surface area contributed by atoms with Gasteiger partial charge in [0.2, 0.25) is 10.0 Å². The highest BCUT2D eigenvalue weighted by Gasteiger charge is 2.33. The molecule has 20 heavy (non-hydrogen) atoms. The van der Waals surface area contributed by atoms with Crippen molar-refractivity contribution in [3.8, 4) is 0 Å². The zero-order valence-corrected chi connectivity index (χ0v) is 13.3. The first kappa shape index (κ1) is 15.5. The lowest BCUT2D eigenvalue weighted by molar-refractivity contribution is 0.269. The molecule has 0 saturated carbocycles. The highest BCUT2D eigenvalue weighted by molar-refractivity contribution is 7.89. The molecule has 0 spiro atoms. The Morgan fingerprint density at radius 1 is 1.40 bits per heavy atom. The van der Waals surface area contributed by atoms with E-state index >= 15 is 0 Å². The summed E-state index contributed by atoms with van der Waals surface area (Å²) in [6.45, 7) is 5.61. The number of nitrogens with zero attached hydrogens (tertiary/aromatic N) is 2. The lowest BCUT2D eigenvalue weighted by atomic mass is 9.96. The van der Waals surface area contributed by atoms with Gasteiger partial charge >= 0.3 is 0 Å². The lowest BCUT2D eigenvalue weighted by Gasteiger charge is -2.30. The molecule has 0 aromatic carbocycles. The third-order valence-electron chi connectivity index (χ3n) is 4.05. The highest BCUT2D eigenvalue weighted by Crippen LogP contribution is 2.27. The van der Waals surface area contributed by atoms with Crippen LogP contribution >= 0.6 is 0 Å². The molecule has 0 atom stereocenters. The third-order valence-corrected chi connectivity index (χ3v) is 6.16. The van der Waals surface area contributed by atoms with Crippen molar-refractivity contribution in [2.45, 2.75) is 44.6 Å². The second-order valence-corrected chi connectivity index (χ2v) is 7.29. The Bertz CT molecular complexity index is 545. The minimum absolute atomic E-state index is 0.349. The van der Waals surface area contributed by atoms with Gasteiger partial charge in [-0.1, -0.05) is 13.3 Å².